The summed E-state index contributed by atoms with van der Waals surface area (Å²) >= 11 is 1.54. The van der Waals surface area contributed by atoms with E-state index in [1.54, 1.807) is 12.0 Å². The van der Waals surface area contributed by atoms with Gasteiger partial charge in [0.25, 0.3) is 0 Å². The van der Waals surface area contributed by atoms with Crippen LogP contribution in [0.3, 0.4) is 0 Å². The lowest BCUT2D eigenvalue weighted by atomic mass is 10.1. The molecule has 24 heavy (non-hydrogen) atoms. The summed E-state index contributed by atoms with van der Waals surface area (Å²) in [5, 5.41) is 2.63. The summed E-state index contributed by atoms with van der Waals surface area (Å²) in [6.07, 6.45) is 0. The highest BCUT2D eigenvalue weighted by Gasteiger charge is 2.36. The molecule has 1 saturated heterocycles. The molecule has 0 aromatic heterocycles. The van der Waals surface area contributed by atoms with Crippen LogP contribution in [0.1, 0.15) is 17.9 Å². The molecule has 3 rings (SSSR count). The van der Waals surface area contributed by atoms with Crippen molar-refractivity contribution >= 4 is 35.0 Å². The van der Waals surface area contributed by atoms with Crippen molar-refractivity contribution in [2.45, 2.75) is 12.3 Å². The van der Waals surface area contributed by atoms with Crippen LogP contribution in [0.2, 0.25) is 0 Å². The molecule has 1 heterocycles. The summed E-state index contributed by atoms with van der Waals surface area (Å²) in [5.41, 5.74) is 2.35. The molecule has 2 aromatic rings. The van der Waals surface area contributed by atoms with E-state index >= 15 is 0 Å². The first-order valence-corrected chi connectivity index (χ1v) is 8.60. The zero-order chi connectivity index (χ0) is 17.1. The average molecular weight is 342 g/mol. The quantitative estimate of drug-likeness (QED) is 0.925. The van der Waals surface area contributed by atoms with Gasteiger partial charge < -0.3 is 10.1 Å². The van der Waals surface area contributed by atoms with Crippen LogP contribution in [0.15, 0.2) is 48.5 Å². The molecule has 0 aliphatic carbocycles. The van der Waals surface area contributed by atoms with Gasteiger partial charge in [-0.1, -0.05) is 30.3 Å². The molecule has 124 valence electrons. The van der Waals surface area contributed by atoms with Gasteiger partial charge >= 0.3 is 0 Å². The number of hydrogen-bond donors (Lipinski definition) is 1. The van der Waals surface area contributed by atoms with Crippen LogP contribution < -0.4 is 15.0 Å². The molecule has 5 nitrogen and oxygen atoms in total. The van der Waals surface area contributed by atoms with Crippen molar-refractivity contribution in [2.24, 2.45) is 0 Å². The van der Waals surface area contributed by atoms with Gasteiger partial charge in [0.15, 0.2) is 0 Å². The van der Waals surface area contributed by atoms with Gasteiger partial charge in [-0.15, -0.1) is 11.8 Å². The smallest absolute Gasteiger partial charge is 0.238 e. The fraction of sp³-hybridized carbons (Fsp3) is 0.222. The molecule has 1 aliphatic heterocycles. The first-order chi connectivity index (χ1) is 11.6. The maximum Gasteiger partial charge on any atom is 0.238 e. The van der Waals surface area contributed by atoms with Gasteiger partial charge in [0.1, 0.15) is 11.1 Å². The number of para-hydroxylation sites is 3. The molecular weight excluding hydrogens is 324 g/mol. The lowest BCUT2D eigenvalue weighted by Gasteiger charge is -2.27. The Labute approximate surface area is 145 Å². The summed E-state index contributed by atoms with van der Waals surface area (Å²) in [6.45, 7) is 1.47. The van der Waals surface area contributed by atoms with Gasteiger partial charge in [-0.05, 0) is 18.2 Å². The van der Waals surface area contributed by atoms with Gasteiger partial charge in [0.2, 0.25) is 11.8 Å². The first-order valence-electron chi connectivity index (χ1n) is 7.55. The predicted octanol–water partition coefficient (Wildman–Crippen LogP) is 3.43. The lowest BCUT2D eigenvalue weighted by molar-refractivity contribution is -0.116. The van der Waals surface area contributed by atoms with Crippen molar-refractivity contribution in [3.8, 4) is 5.75 Å². The zero-order valence-electron chi connectivity index (χ0n) is 13.5. The van der Waals surface area contributed by atoms with Crippen LogP contribution in [0.5, 0.6) is 5.75 Å². The van der Waals surface area contributed by atoms with E-state index in [9.17, 15) is 9.59 Å². The SMILES string of the molecule is COc1ccccc1N1C(=O)CSC1c1ccccc1NC(C)=O. The average Bonchev–Trinajstić information content (AvgIpc) is 2.96. The van der Waals surface area contributed by atoms with E-state index in [1.807, 2.05) is 48.5 Å². The Bertz CT molecular complexity index is 778. The highest BCUT2D eigenvalue weighted by atomic mass is 32.2. The van der Waals surface area contributed by atoms with Crippen LogP contribution in [-0.2, 0) is 9.59 Å². The molecule has 2 aromatic carbocycles. The molecule has 0 radical (unpaired) electrons. The molecule has 1 aliphatic rings. The third-order valence-electron chi connectivity index (χ3n) is 3.75. The topological polar surface area (TPSA) is 58.6 Å². The minimum Gasteiger partial charge on any atom is -0.495 e. The minimum absolute atomic E-state index is 0.0205. The maximum atomic E-state index is 12.5. The van der Waals surface area contributed by atoms with E-state index in [1.165, 1.54) is 18.7 Å². The van der Waals surface area contributed by atoms with Crippen molar-refractivity contribution < 1.29 is 14.3 Å². The van der Waals surface area contributed by atoms with Crippen molar-refractivity contribution in [3.63, 3.8) is 0 Å². The van der Waals surface area contributed by atoms with Crippen molar-refractivity contribution in [1.82, 2.24) is 0 Å². The number of anilines is 2. The summed E-state index contributed by atoms with van der Waals surface area (Å²) < 4.78 is 5.41. The van der Waals surface area contributed by atoms with Crippen molar-refractivity contribution in [2.75, 3.05) is 23.1 Å². The van der Waals surface area contributed by atoms with E-state index in [4.69, 9.17) is 4.74 Å². The number of ether oxygens (including phenoxy) is 1. The second-order valence-electron chi connectivity index (χ2n) is 5.37. The van der Waals surface area contributed by atoms with E-state index in [-0.39, 0.29) is 17.2 Å². The van der Waals surface area contributed by atoms with Crippen LogP contribution in [-0.4, -0.2) is 24.7 Å². The molecule has 1 fully saturated rings. The molecule has 6 heteroatoms. The highest BCUT2D eigenvalue weighted by molar-refractivity contribution is 8.00. The fourth-order valence-corrected chi connectivity index (χ4v) is 3.96. The summed E-state index contributed by atoms with van der Waals surface area (Å²) in [7, 11) is 1.59. The van der Waals surface area contributed by atoms with Gasteiger partial charge in [-0.2, -0.15) is 0 Å². The van der Waals surface area contributed by atoms with Crippen LogP contribution >= 0.6 is 11.8 Å². The van der Waals surface area contributed by atoms with Crippen LogP contribution in [0.4, 0.5) is 11.4 Å². The van der Waals surface area contributed by atoms with E-state index < -0.39 is 0 Å². The second-order valence-corrected chi connectivity index (χ2v) is 6.44. The summed E-state index contributed by atoms with van der Waals surface area (Å²) in [4.78, 5) is 25.7. The molecule has 0 bridgehead atoms. The Morgan fingerprint density at radius 2 is 1.92 bits per heavy atom. The van der Waals surface area contributed by atoms with E-state index in [0.29, 0.717) is 11.5 Å². The standard InChI is InChI=1S/C18H18N2O3S/c1-12(21)19-14-8-4-3-7-13(14)18-20(17(22)11-24-18)15-9-5-6-10-16(15)23-2/h3-10,18H,11H2,1-2H3,(H,19,21). The third kappa shape index (κ3) is 3.10. The largest absolute Gasteiger partial charge is 0.495 e. The number of carbonyl (C=O) groups is 2. The molecule has 1 atom stereocenters. The van der Waals surface area contributed by atoms with Gasteiger partial charge in [0, 0.05) is 18.2 Å². The number of amides is 2. The second kappa shape index (κ2) is 6.97. The predicted molar refractivity (Wildman–Crippen MR) is 96.4 cm³/mol. The first kappa shape index (κ1) is 16.4. The minimum atomic E-state index is -0.211. The number of benzene rings is 2. The van der Waals surface area contributed by atoms with Crippen molar-refractivity contribution in [1.29, 1.82) is 0 Å². The highest BCUT2D eigenvalue weighted by Crippen LogP contribution is 2.46. The Balaban J connectivity index is 2.05. The molecule has 0 spiro atoms. The number of thioether (sulfide) groups is 1. The number of methoxy groups -OCH3 is 1. The zero-order valence-corrected chi connectivity index (χ0v) is 14.3. The molecule has 0 saturated carbocycles. The number of carbonyl (C=O) groups excluding carboxylic acids is 2. The van der Waals surface area contributed by atoms with Crippen LogP contribution in [0, 0.1) is 0 Å². The van der Waals surface area contributed by atoms with Gasteiger partial charge in [0.05, 0.1) is 18.6 Å². The molecule has 1 N–H and O–H groups in total. The molecular formula is C18H18N2O3S. The normalized spacial score (nSPS) is 17.0. The molecule has 1 unspecified atom stereocenters. The van der Waals surface area contributed by atoms with Crippen molar-refractivity contribution in [3.05, 3.63) is 54.1 Å². The van der Waals surface area contributed by atoms with Crippen LogP contribution in [0.25, 0.3) is 0 Å². The molecule has 2 amide bonds. The van der Waals surface area contributed by atoms with Gasteiger partial charge in [-0.25, -0.2) is 0 Å². The number of hydrogen-bond acceptors (Lipinski definition) is 4. The summed E-state index contributed by atoms with van der Waals surface area (Å²) in [5.74, 6) is 0.917. The van der Waals surface area contributed by atoms with Gasteiger partial charge in [-0.3, -0.25) is 14.5 Å². The fourth-order valence-electron chi connectivity index (χ4n) is 2.76. The number of rotatable bonds is 4. The monoisotopic (exact) mass is 342 g/mol. The summed E-state index contributed by atoms with van der Waals surface area (Å²) in [6, 6.07) is 15.0. The lowest BCUT2D eigenvalue weighted by Crippen LogP contribution is -2.28. The Morgan fingerprint density at radius 3 is 2.67 bits per heavy atom. The maximum absolute atomic E-state index is 12.5. The Hall–Kier alpha value is -2.47. The Morgan fingerprint density at radius 1 is 1.21 bits per heavy atom. The third-order valence-corrected chi connectivity index (χ3v) is 4.94. The Kier molecular flexibility index (Phi) is 4.76. The van der Waals surface area contributed by atoms with E-state index in [2.05, 4.69) is 5.32 Å². The van der Waals surface area contributed by atoms with E-state index in [0.717, 1.165) is 16.9 Å². The number of nitrogens with zero attached hydrogens (tertiary/aromatic N) is 1. The number of nitrogens with one attached hydrogen (secondary N) is 1.